The van der Waals surface area contributed by atoms with Crippen LogP contribution >= 0.6 is 0 Å². The highest BCUT2D eigenvalue weighted by atomic mass is 16.1. The SMILES string of the molecule is C=CCC1(C)C(=O)C=CC23CCC(CC21)C(=C)C3. The van der Waals surface area contributed by atoms with Gasteiger partial charge in [0.2, 0.25) is 0 Å². The molecule has 0 aliphatic heterocycles. The van der Waals surface area contributed by atoms with Crippen molar-refractivity contribution in [1.29, 1.82) is 0 Å². The Balaban J connectivity index is 2.07. The van der Waals surface area contributed by atoms with Crippen molar-refractivity contribution in [3.05, 3.63) is 37.0 Å². The molecule has 1 spiro atoms. The van der Waals surface area contributed by atoms with Gasteiger partial charge < -0.3 is 0 Å². The zero-order chi connectivity index (χ0) is 13.0. The quantitative estimate of drug-likeness (QED) is 0.667. The van der Waals surface area contributed by atoms with Gasteiger partial charge in [0.25, 0.3) is 0 Å². The van der Waals surface area contributed by atoms with Crippen molar-refractivity contribution in [3.63, 3.8) is 0 Å². The first-order chi connectivity index (χ1) is 8.52. The first-order valence-corrected chi connectivity index (χ1v) is 7.04. The minimum atomic E-state index is -0.226. The Hall–Kier alpha value is -1.11. The van der Waals surface area contributed by atoms with Crippen LogP contribution in [0.15, 0.2) is 37.0 Å². The molecule has 0 heterocycles. The van der Waals surface area contributed by atoms with Gasteiger partial charge in [-0.3, -0.25) is 4.79 Å². The molecule has 3 fully saturated rings. The maximum Gasteiger partial charge on any atom is 0.161 e. The number of carbonyl (C=O) groups is 1. The van der Waals surface area contributed by atoms with E-state index in [-0.39, 0.29) is 10.8 Å². The number of rotatable bonds is 2. The molecule has 96 valence electrons. The first-order valence-electron chi connectivity index (χ1n) is 7.04. The molecule has 2 bridgehead atoms. The molecule has 3 saturated carbocycles. The normalized spacial score (nSPS) is 46.1. The van der Waals surface area contributed by atoms with Crippen LogP contribution < -0.4 is 0 Å². The van der Waals surface area contributed by atoms with E-state index in [1.54, 1.807) is 0 Å². The van der Waals surface area contributed by atoms with Crippen LogP contribution in [-0.2, 0) is 4.79 Å². The summed E-state index contributed by atoms with van der Waals surface area (Å²) in [7, 11) is 0. The maximum absolute atomic E-state index is 12.4. The van der Waals surface area contributed by atoms with Crippen molar-refractivity contribution < 1.29 is 4.79 Å². The third-order valence-corrected chi connectivity index (χ3v) is 5.77. The second kappa shape index (κ2) is 3.69. The van der Waals surface area contributed by atoms with E-state index >= 15 is 0 Å². The van der Waals surface area contributed by atoms with Crippen molar-refractivity contribution >= 4 is 5.78 Å². The van der Waals surface area contributed by atoms with Crippen LogP contribution in [0, 0.1) is 22.7 Å². The Bertz CT molecular complexity index is 458. The summed E-state index contributed by atoms with van der Waals surface area (Å²) >= 11 is 0. The monoisotopic (exact) mass is 242 g/mol. The van der Waals surface area contributed by atoms with Crippen LogP contribution in [0.3, 0.4) is 0 Å². The summed E-state index contributed by atoms with van der Waals surface area (Å²) in [4.78, 5) is 12.4. The predicted molar refractivity (Wildman–Crippen MR) is 74.1 cm³/mol. The van der Waals surface area contributed by atoms with Crippen molar-refractivity contribution in [2.24, 2.45) is 22.7 Å². The molecule has 0 N–H and O–H groups in total. The highest BCUT2D eigenvalue weighted by Gasteiger charge is 2.57. The smallest absolute Gasteiger partial charge is 0.161 e. The van der Waals surface area contributed by atoms with Crippen molar-refractivity contribution in [1.82, 2.24) is 0 Å². The number of fused-ring (bicyclic) bond motifs is 2. The molecule has 0 amide bonds. The van der Waals surface area contributed by atoms with Gasteiger partial charge in [-0.15, -0.1) is 6.58 Å². The van der Waals surface area contributed by atoms with Crippen molar-refractivity contribution in [2.45, 2.75) is 39.0 Å². The lowest BCUT2D eigenvalue weighted by atomic mass is 9.45. The zero-order valence-electron chi connectivity index (χ0n) is 11.2. The van der Waals surface area contributed by atoms with E-state index in [1.165, 1.54) is 18.4 Å². The van der Waals surface area contributed by atoms with Crippen LogP contribution in [0.1, 0.15) is 39.0 Å². The van der Waals surface area contributed by atoms with Crippen molar-refractivity contribution in [3.8, 4) is 0 Å². The van der Waals surface area contributed by atoms with E-state index in [9.17, 15) is 4.79 Å². The molecule has 0 saturated heterocycles. The van der Waals surface area contributed by atoms with E-state index in [0.29, 0.717) is 17.6 Å². The second-order valence-electron chi connectivity index (χ2n) is 6.70. The molecule has 4 aliphatic carbocycles. The average molecular weight is 242 g/mol. The van der Waals surface area contributed by atoms with Crippen LogP contribution in [0.2, 0.25) is 0 Å². The average Bonchev–Trinajstić information content (AvgIpc) is 2.35. The fourth-order valence-corrected chi connectivity index (χ4v) is 4.70. The van der Waals surface area contributed by atoms with Crippen molar-refractivity contribution in [2.75, 3.05) is 0 Å². The van der Waals surface area contributed by atoms with Crippen LogP contribution in [0.25, 0.3) is 0 Å². The Morgan fingerprint density at radius 3 is 3.00 bits per heavy atom. The third kappa shape index (κ3) is 1.36. The molecule has 1 nitrogen and oxygen atoms in total. The van der Waals surface area contributed by atoms with Gasteiger partial charge in [0.15, 0.2) is 5.78 Å². The number of allylic oxidation sites excluding steroid dienone is 4. The summed E-state index contributed by atoms with van der Waals surface area (Å²) in [5.41, 5.74) is 1.41. The molecule has 18 heavy (non-hydrogen) atoms. The van der Waals surface area contributed by atoms with Gasteiger partial charge in [-0.05, 0) is 55.4 Å². The van der Waals surface area contributed by atoms with Gasteiger partial charge in [0, 0.05) is 5.41 Å². The largest absolute Gasteiger partial charge is 0.294 e. The molecule has 4 rings (SSSR count). The summed E-state index contributed by atoms with van der Waals surface area (Å²) in [6.07, 6.45) is 11.5. The molecule has 0 aromatic heterocycles. The Morgan fingerprint density at radius 2 is 2.33 bits per heavy atom. The topological polar surface area (TPSA) is 17.1 Å². The van der Waals surface area contributed by atoms with Gasteiger partial charge in [-0.2, -0.15) is 0 Å². The standard InChI is InChI=1S/C17H22O/c1-4-7-16(3)14-10-13-5-8-17(14,11-12(13)2)9-6-15(16)18/h4,6,9,13-14H,1-2,5,7-8,10-11H2,3H3. The molecular formula is C17H22O. The Morgan fingerprint density at radius 1 is 1.56 bits per heavy atom. The molecule has 0 aromatic carbocycles. The lowest BCUT2D eigenvalue weighted by Gasteiger charge is -2.59. The third-order valence-electron chi connectivity index (χ3n) is 5.77. The van der Waals surface area contributed by atoms with E-state index in [0.717, 1.165) is 19.3 Å². The van der Waals surface area contributed by atoms with Crippen LogP contribution in [0.5, 0.6) is 0 Å². The Labute approximate surface area is 110 Å². The first kappa shape index (κ1) is 12.0. The zero-order valence-corrected chi connectivity index (χ0v) is 11.2. The van der Waals surface area contributed by atoms with Gasteiger partial charge in [-0.25, -0.2) is 0 Å². The minimum Gasteiger partial charge on any atom is -0.294 e. The van der Waals surface area contributed by atoms with Gasteiger partial charge in [0.05, 0.1) is 0 Å². The number of hydrogen-bond donors (Lipinski definition) is 0. The number of hydrogen-bond acceptors (Lipinski definition) is 1. The van der Waals surface area contributed by atoms with E-state index in [4.69, 9.17) is 0 Å². The number of ketones is 1. The lowest BCUT2D eigenvalue weighted by Crippen LogP contribution is -2.53. The fourth-order valence-electron chi connectivity index (χ4n) is 4.70. The number of carbonyl (C=O) groups excluding carboxylic acids is 1. The maximum atomic E-state index is 12.4. The minimum absolute atomic E-state index is 0.220. The summed E-state index contributed by atoms with van der Waals surface area (Å²) < 4.78 is 0. The molecule has 1 heteroatoms. The van der Waals surface area contributed by atoms with Gasteiger partial charge in [0.1, 0.15) is 0 Å². The second-order valence-corrected chi connectivity index (χ2v) is 6.70. The lowest BCUT2D eigenvalue weighted by molar-refractivity contribution is -0.134. The molecule has 0 radical (unpaired) electrons. The van der Waals surface area contributed by atoms with Gasteiger partial charge >= 0.3 is 0 Å². The highest BCUT2D eigenvalue weighted by Crippen LogP contribution is 2.63. The van der Waals surface area contributed by atoms with E-state index in [2.05, 4.69) is 26.2 Å². The fraction of sp³-hybridized carbons (Fsp3) is 0.588. The molecular weight excluding hydrogens is 220 g/mol. The predicted octanol–water partition coefficient (Wildman–Crippen LogP) is 4.07. The molecule has 4 aliphatic rings. The summed E-state index contributed by atoms with van der Waals surface area (Å²) in [6, 6.07) is 0. The van der Waals surface area contributed by atoms with Crippen LogP contribution in [-0.4, -0.2) is 5.78 Å². The van der Waals surface area contributed by atoms with E-state index < -0.39 is 0 Å². The Kier molecular flexibility index (Phi) is 2.45. The summed E-state index contributed by atoms with van der Waals surface area (Å²) in [5.74, 6) is 1.45. The highest BCUT2D eigenvalue weighted by molar-refractivity contribution is 5.96. The molecule has 4 unspecified atom stereocenters. The van der Waals surface area contributed by atoms with E-state index in [1.807, 2.05) is 12.2 Å². The molecule has 4 atom stereocenters. The summed E-state index contributed by atoms with van der Waals surface area (Å²) in [6.45, 7) is 10.3. The van der Waals surface area contributed by atoms with Crippen LogP contribution in [0.4, 0.5) is 0 Å². The summed E-state index contributed by atoms with van der Waals surface area (Å²) in [5, 5.41) is 0. The van der Waals surface area contributed by atoms with Gasteiger partial charge in [-0.1, -0.05) is 31.2 Å². The molecule has 0 aromatic rings.